The van der Waals surface area contributed by atoms with Crippen molar-refractivity contribution in [1.29, 1.82) is 0 Å². The Labute approximate surface area is 99.4 Å². The molecule has 19 heavy (non-hydrogen) atoms. The maximum atomic E-state index is 13.4. The van der Waals surface area contributed by atoms with Gasteiger partial charge in [-0.05, 0) is 0 Å². The molecule has 1 fully saturated rings. The minimum absolute atomic E-state index is 0.993. The number of aliphatic hydroxyl groups excluding tert-OH is 1. The van der Waals surface area contributed by atoms with Gasteiger partial charge in [0.2, 0.25) is 0 Å². The predicted octanol–water partition coefficient (Wildman–Crippen LogP) is 1.78. The van der Waals surface area contributed by atoms with Crippen LogP contribution in [-0.4, -0.2) is 48.9 Å². The Bertz CT molecular complexity index is 314. The molecule has 1 aliphatic heterocycles. The summed E-state index contributed by atoms with van der Waals surface area (Å²) in [5, 5.41) is 8.22. The summed E-state index contributed by atoms with van der Waals surface area (Å²) >= 11 is 0. The van der Waals surface area contributed by atoms with E-state index < -0.39 is 43.8 Å². The lowest BCUT2D eigenvalue weighted by molar-refractivity contribution is -0.470. The molecule has 0 aromatic rings. The first-order valence-corrected chi connectivity index (χ1v) is 4.49. The largest absolute Gasteiger partial charge is 0.453 e. The van der Waals surface area contributed by atoms with Gasteiger partial charge in [-0.15, -0.1) is 0 Å². The lowest BCUT2D eigenvalue weighted by Gasteiger charge is -2.31. The summed E-state index contributed by atoms with van der Waals surface area (Å²) in [7, 11) is 0. The molecule has 2 unspecified atom stereocenters. The highest BCUT2D eigenvalue weighted by Gasteiger charge is 2.83. The van der Waals surface area contributed by atoms with Gasteiger partial charge in [0.25, 0.3) is 6.36 Å². The third-order valence-electron chi connectivity index (χ3n) is 1.96. The lowest BCUT2D eigenvalue weighted by atomic mass is 10.2. The number of hydrogen-bond acceptors (Lipinski definition) is 4. The number of hydrogen-bond donors (Lipinski definition) is 1. The molecule has 0 spiro atoms. The fourth-order valence-electron chi connectivity index (χ4n) is 1.17. The molecule has 4 nitrogen and oxygen atoms in total. The van der Waals surface area contributed by atoms with Crippen molar-refractivity contribution in [2.45, 2.75) is 30.5 Å². The van der Waals surface area contributed by atoms with Crippen molar-refractivity contribution >= 4 is 0 Å². The van der Waals surface area contributed by atoms with Gasteiger partial charge in [-0.25, -0.2) is 4.39 Å². The van der Waals surface area contributed by atoms with Crippen molar-refractivity contribution in [1.82, 2.24) is 0 Å². The molecule has 114 valence electrons. The molecule has 0 amide bonds. The molecule has 1 N–H and O–H groups in total. The smallest absolute Gasteiger partial charge is 0.394 e. The van der Waals surface area contributed by atoms with Gasteiger partial charge in [0, 0.05) is 0 Å². The molecule has 1 saturated heterocycles. The van der Waals surface area contributed by atoms with E-state index in [0.717, 1.165) is 0 Å². The van der Waals surface area contributed by atoms with Crippen LogP contribution in [0.25, 0.3) is 0 Å². The summed E-state index contributed by atoms with van der Waals surface area (Å²) in [6.45, 7) is -2.10. The molecular formula is C7H6F8O4. The average Bonchev–Trinajstić information content (AvgIpc) is 2.49. The Kier molecular flexibility index (Phi) is 4.02. The standard InChI is InChI=1S/C7H6F8O4/c8-3-4(9,17-2-1-16)19-5(18-3,6(10,11)12)7(13,14)15/h3,16H,1-2H2. The van der Waals surface area contributed by atoms with Crippen molar-refractivity contribution in [3.63, 3.8) is 0 Å². The third kappa shape index (κ3) is 2.61. The average molecular weight is 306 g/mol. The summed E-state index contributed by atoms with van der Waals surface area (Å²) in [5.74, 6) is -5.48. The number of alkyl halides is 8. The summed E-state index contributed by atoms with van der Waals surface area (Å²) in [4.78, 5) is 0. The highest BCUT2D eigenvalue weighted by molar-refractivity contribution is 4.94. The first-order chi connectivity index (χ1) is 8.40. The topological polar surface area (TPSA) is 47.9 Å². The van der Waals surface area contributed by atoms with E-state index in [4.69, 9.17) is 5.11 Å². The van der Waals surface area contributed by atoms with Gasteiger partial charge >= 0.3 is 24.2 Å². The highest BCUT2D eigenvalue weighted by atomic mass is 19.4. The molecule has 1 aliphatic rings. The zero-order chi connectivity index (χ0) is 15.1. The van der Waals surface area contributed by atoms with Gasteiger partial charge in [-0.2, -0.15) is 30.7 Å². The summed E-state index contributed by atoms with van der Waals surface area (Å²) in [6.07, 6.45) is -16.4. The van der Waals surface area contributed by atoms with E-state index in [2.05, 4.69) is 14.2 Å². The molecule has 0 radical (unpaired) electrons. The van der Waals surface area contributed by atoms with Crippen LogP contribution < -0.4 is 0 Å². The molecule has 0 aromatic carbocycles. The van der Waals surface area contributed by atoms with Crippen molar-refractivity contribution in [3.05, 3.63) is 0 Å². The van der Waals surface area contributed by atoms with Gasteiger partial charge in [-0.1, -0.05) is 0 Å². The Hall–Kier alpha value is -0.720. The SMILES string of the molecule is OCCOC1(F)OC(C(F)(F)F)(C(F)(F)F)OC1F. The number of halogens is 8. The fourth-order valence-corrected chi connectivity index (χ4v) is 1.17. The van der Waals surface area contributed by atoms with E-state index >= 15 is 0 Å². The quantitative estimate of drug-likeness (QED) is 0.808. The molecular weight excluding hydrogens is 300 g/mol. The number of rotatable bonds is 3. The molecule has 0 bridgehead atoms. The predicted molar refractivity (Wildman–Crippen MR) is 38.8 cm³/mol. The molecule has 2 atom stereocenters. The van der Waals surface area contributed by atoms with Crippen LogP contribution >= 0.6 is 0 Å². The van der Waals surface area contributed by atoms with Crippen LogP contribution in [0.15, 0.2) is 0 Å². The minimum atomic E-state index is -6.30. The zero-order valence-corrected chi connectivity index (χ0v) is 8.69. The van der Waals surface area contributed by atoms with Crippen LogP contribution in [0.3, 0.4) is 0 Å². The highest BCUT2D eigenvalue weighted by Crippen LogP contribution is 2.55. The first-order valence-electron chi connectivity index (χ1n) is 4.49. The second-order valence-electron chi connectivity index (χ2n) is 3.30. The van der Waals surface area contributed by atoms with Gasteiger partial charge in [0.1, 0.15) is 0 Å². The van der Waals surface area contributed by atoms with Crippen molar-refractivity contribution in [2.24, 2.45) is 0 Å². The van der Waals surface area contributed by atoms with E-state index in [9.17, 15) is 35.1 Å². The van der Waals surface area contributed by atoms with E-state index in [0.29, 0.717) is 0 Å². The molecule has 0 aromatic heterocycles. The molecule has 0 saturated carbocycles. The maximum absolute atomic E-state index is 13.4. The van der Waals surface area contributed by atoms with Crippen LogP contribution in [0.5, 0.6) is 0 Å². The van der Waals surface area contributed by atoms with Crippen LogP contribution in [0.1, 0.15) is 0 Å². The Morgan fingerprint density at radius 2 is 1.58 bits per heavy atom. The Morgan fingerprint density at radius 3 is 1.89 bits per heavy atom. The maximum Gasteiger partial charge on any atom is 0.453 e. The summed E-state index contributed by atoms with van der Waals surface area (Å²) in [6, 6.07) is -4.44. The van der Waals surface area contributed by atoms with Crippen molar-refractivity contribution in [2.75, 3.05) is 13.2 Å². The normalized spacial score (nSPS) is 31.7. The van der Waals surface area contributed by atoms with E-state index in [1.807, 2.05) is 0 Å². The van der Waals surface area contributed by atoms with E-state index in [1.54, 1.807) is 0 Å². The minimum Gasteiger partial charge on any atom is -0.394 e. The van der Waals surface area contributed by atoms with Gasteiger partial charge in [-0.3, -0.25) is 9.47 Å². The van der Waals surface area contributed by atoms with Crippen LogP contribution in [0, 0.1) is 0 Å². The first kappa shape index (κ1) is 16.3. The molecule has 1 rings (SSSR count). The second kappa shape index (κ2) is 4.68. The van der Waals surface area contributed by atoms with Gasteiger partial charge in [0.05, 0.1) is 13.2 Å². The van der Waals surface area contributed by atoms with Crippen molar-refractivity contribution < 1.29 is 54.4 Å². The van der Waals surface area contributed by atoms with Crippen molar-refractivity contribution in [3.8, 4) is 0 Å². The lowest BCUT2D eigenvalue weighted by Crippen LogP contribution is -2.58. The number of aliphatic hydroxyl groups is 1. The van der Waals surface area contributed by atoms with Crippen LogP contribution in [0.2, 0.25) is 0 Å². The molecule has 0 aliphatic carbocycles. The zero-order valence-electron chi connectivity index (χ0n) is 8.69. The fraction of sp³-hybridized carbons (Fsp3) is 1.00. The molecule has 12 heteroatoms. The summed E-state index contributed by atoms with van der Waals surface area (Å²) < 4.78 is 110. The van der Waals surface area contributed by atoms with Crippen LogP contribution in [0.4, 0.5) is 35.1 Å². The van der Waals surface area contributed by atoms with E-state index in [1.165, 1.54) is 0 Å². The van der Waals surface area contributed by atoms with Gasteiger partial charge in [0.15, 0.2) is 0 Å². The summed E-state index contributed by atoms with van der Waals surface area (Å²) in [5.41, 5.74) is 0. The van der Waals surface area contributed by atoms with E-state index in [-0.39, 0.29) is 0 Å². The monoisotopic (exact) mass is 306 g/mol. The second-order valence-corrected chi connectivity index (χ2v) is 3.30. The third-order valence-corrected chi connectivity index (χ3v) is 1.96. The van der Waals surface area contributed by atoms with Gasteiger partial charge < -0.3 is 9.84 Å². The molecule has 1 heterocycles. The Morgan fingerprint density at radius 1 is 1.11 bits per heavy atom. The number of ether oxygens (including phenoxy) is 3. The van der Waals surface area contributed by atoms with Crippen LogP contribution in [-0.2, 0) is 14.2 Å². The Balaban J connectivity index is 3.13.